The molecule has 18 heavy (non-hydrogen) atoms. The van der Waals surface area contributed by atoms with Gasteiger partial charge in [-0.25, -0.2) is 4.98 Å². The molecule has 0 radical (unpaired) electrons. The van der Waals surface area contributed by atoms with Crippen LogP contribution in [0.5, 0.6) is 0 Å². The van der Waals surface area contributed by atoms with E-state index in [1.807, 2.05) is 0 Å². The van der Waals surface area contributed by atoms with Gasteiger partial charge in [-0.1, -0.05) is 0 Å². The summed E-state index contributed by atoms with van der Waals surface area (Å²) in [5, 5.41) is 0. The van der Waals surface area contributed by atoms with Crippen molar-refractivity contribution >= 4 is 0 Å². The van der Waals surface area contributed by atoms with Crippen LogP contribution < -0.4 is 0 Å². The summed E-state index contributed by atoms with van der Waals surface area (Å²) in [6.07, 6.45) is 8.74. The predicted molar refractivity (Wildman–Crippen MR) is 69.9 cm³/mol. The van der Waals surface area contributed by atoms with Crippen LogP contribution in [0.4, 0.5) is 0 Å². The van der Waals surface area contributed by atoms with E-state index in [2.05, 4.69) is 11.5 Å². The minimum absolute atomic E-state index is 0.373. The SMILES string of the molecule is CC1CCCc2nc3c(n21)CCC31CCOCC1. The molecule has 1 aromatic heterocycles. The molecule has 1 atom stereocenters. The largest absolute Gasteiger partial charge is 0.381 e. The van der Waals surface area contributed by atoms with Crippen LogP contribution in [0.3, 0.4) is 0 Å². The molecule has 1 aromatic rings. The Labute approximate surface area is 109 Å². The molecule has 3 aliphatic rings. The monoisotopic (exact) mass is 246 g/mol. The van der Waals surface area contributed by atoms with Gasteiger partial charge in [0, 0.05) is 36.8 Å². The third kappa shape index (κ3) is 1.37. The Morgan fingerprint density at radius 1 is 1.22 bits per heavy atom. The molecular formula is C15H22N2O. The molecule has 1 unspecified atom stereocenters. The van der Waals surface area contributed by atoms with Gasteiger partial charge in [0.25, 0.3) is 0 Å². The molecule has 0 aromatic carbocycles. The normalized spacial score (nSPS) is 29.3. The first-order chi connectivity index (χ1) is 8.80. The molecule has 3 heteroatoms. The van der Waals surface area contributed by atoms with E-state index in [1.54, 1.807) is 5.69 Å². The number of ether oxygens (including phenoxy) is 1. The van der Waals surface area contributed by atoms with Crippen LogP contribution in [0.2, 0.25) is 0 Å². The van der Waals surface area contributed by atoms with Crippen molar-refractivity contribution in [2.75, 3.05) is 13.2 Å². The van der Waals surface area contributed by atoms with E-state index in [0.717, 1.165) is 13.2 Å². The summed E-state index contributed by atoms with van der Waals surface area (Å²) >= 11 is 0. The topological polar surface area (TPSA) is 27.1 Å². The zero-order valence-corrected chi connectivity index (χ0v) is 11.2. The number of rotatable bonds is 0. The van der Waals surface area contributed by atoms with Gasteiger partial charge in [0.15, 0.2) is 0 Å². The van der Waals surface area contributed by atoms with Gasteiger partial charge in [-0.15, -0.1) is 0 Å². The average molecular weight is 246 g/mol. The highest BCUT2D eigenvalue weighted by atomic mass is 16.5. The summed E-state index contributed by atoms with van der Waals surface area (Å²) in [4.78, 5) is 5.07. The summed E-state index contributed by atoms with van der Waals surface area (Å²) in [6.45, 7) is 4.22. The summed E-state index contributed by atoms with van der Waals surface area (Å²) in [7, 11) is 0. The Morgan fingerprint density at radius 2 is 2.06 bits per heavy atom. The first-order valence-corrected chi connectivity index (χ1v) is 7.48. The van der Waals surface area contributed by atoms with Crippen molar-refractivity contribution in [3.05, 3.63) is 17.2 Å². The lowest BCUT2D eigenvalue weighted by Crippen LogP contribution is -2.32. The van der Waals surface area contributed by atoms with Gasteiger partial charge in [-0.05, 0) is 45.4 Å². The molecule has 3 nitrogen and oxygen atoms in total. The Kier molecular flexibility index (Phi) is 2.35. The quantitative estimate of drug-likeness (QED) is 0.704. The molecule has 1 saturated heterocycles. The van der Waals surface area contributed by atoms with E-state index >= 15 is 0 Å². The smallest absolute Gasteiger partial charge is 0.109 e. The summed E-state index contributed by atoms with van der Waals surface area (Å²) in [6, 6.07) is 0.667. The van der Waals surface area contributed by atoms with Crippen LogP contribution in [0, 0.1) is 0 Å². The van der Waals surface area contributed by atoms with E-state index in [9.17, 15) is 0 Å². The van der Waals surface area contributed by atoms with Crippen LogP contribution in [-0.4, -0.2) is 22.8 Å². The maximum atomic E-state index is 5.56. The third-order valence-corrected chi connectivity index (χ3v) is 5.34. The summed E-state index contributed by atoms with van der Waals surface area (Å²) in [5.41, 5.74) is 3.39. The highest BCUT2D eigenvalue weighted by Crippen LogP contribution is 2.47. The van der Waals surface area contributed by atoms with E-state index in [-0.39, 0.29) is 0 Å². The Morgan fingerprint density at radius 3 is 2.89 bits per heavy atom. The molecule has 2 aliphatic heterocycles. The van der Waals surface area contributed by atoms with Crippen LogP contribution in [0.15, 0.2) is 0 Å². The fraction of sp³-hybridized carbons (Fsp3) is 0.800. The molecule has 0 bridgehead atoms. The Hall–Kier alpha value is -0.830. The summed E-state index contributed by atoms with van der Waals surface area (Å²) < 4.78 is 8.13. The molecule has 3 heterocycles. The molecule has 0 N–H and O–H groups in total. The van der Waals surface area contributed by atoms with Crippen molar-refractivity contribution in [3.63, 3.8) is 0 Å². The fourth-order valence-electron chi connectivity index (χ4n) is 4.29. The Balaban J connectivity index is 1.81. The third-order valence-electron chi connectivity index (χ3n) is 5.34. The fourth-order valence-corrected chi connectivity index (χ4v) is 4.29. The molecule has 98 valence electrons. The average Bonchev–Trinajstić information content (AvgIpc) is 2.91. The van der Waals surface area contributed by atoms with Crippen molar-refractivity contribution in [1.82, 2.24) is 9.55 Å². The number of aromatic nitrogens is 2. The molecule has 0 saturated carbocycles. The van der Waals surface area contributed by atoms with Gasteiger partial charge >= 0.3 is 0 Å². The molecule has 1 spiro atoms. The van der Waals surface area contributed by atoms with Crippen molar-refractivity contribution in [3.8, 4) is 0 Å². The first-order valence-electron chi connectivity index (χ1n) is 7.48. The second-order valence-corrected chi connectivity index (χ2v) is 6.33. The maximum absolute atomic E-state index is 5.56. The van der Waals surface area contributed by atoms with Crippen molar-refractivity contribution in [2.45, 2.75) is 63.3 Å². The maximum Gasteiger partial charge on any atom is 0.109 e. The van der Waals surface area contributed by atoms with E-state index in [4.69, 9.17) is 9.72 Å². The zero-order chi connectivity index (χ0) is 12.2. The second kappa shape index (κ2) is 3.83. The van der Waals surface area contributed by atoms with Gasteiger partial charge in [0.1, 0.15) is 5.82 Å². The van der Waals surface area contributed by atoms with Crippen LogP contribution >= 0.6 is 0 Å². The molecule has 4 rings (SSSR count). The molecule has 1 aliphatic carbocycles. The Bertz CT molecular complexity index is 471. The van der Waals surface area contributed by atoms with E-state index in [0.29, 0.717) is 11.5 Å². The van der Waals surface area contributed by atoms with Gasteiger partial charge in [-0.3, -0.25) is 0 Å². The van der Waals surface area contributed by atoms with Gasteiger partial charge in [0.05, 0.1) is 5.69 Å². The van der Waals surface area contributed by atoms with Gasteiger partial charge in [-0.2, -0.15) is 0 Å². The molecular weight excluding hydrogens is 224 g/mol. The first kappa shape index (κ1) is 11.0. The number of nitrogens with zero attached hydrogens (tertiary/aromatic N) is 2. The van der Waals surface area contributed by atoms with Crippen LogP contribution in [0.25, 0.3) is 0 Å². The number of fused-ring (bicyclic) bond motifs is 4. The van der Waals surface area contributed by atoms with Crippen molar-refractivity contribution in [2.24, 2.45) is 0 Å². The molecule has 0 amide bonds. The predicted octanol–water partition coefficient (Wildman–Crippen LogP) is 2.77. The summed E-state index contributed by atoms with van der Waals surface area (Å²) in [5.74, 6) is 1.37. The number of hydrogen-bond donors (Lipinski definition) is 0. The lowest BCUT2D eigenvalue weighted by Gasteiger charge is -2.32. The highest BCUT2D eigenvalue weighted by molar-refractivity contribution is 5.33. The minimum Gasteiger partial charge on any atom is -0.381 e. The van der Waals surface area contributed by atoms with Crippen molar-refractivity contribution in [1.29, 1.82) is 0 Å². The molecule has 1 fully saturated rings. The number of imidazole rings is 1. The standard InChI is InChI=1S/C15H22N2O/c1-11-3-2-4-13-16-14-12(17(11)13)5-6-15(14)7-9-18-10-8-15/h11H,2-10H2,1H3. The zero-order valence-electron chi connectivity index (χ0n) is 11.2. The van der Waals surface area contributed by atoms with Crippen molar-refractivity contribution < 1.29 is 4.74 Å². The van der Waals surface area contributed by atoms with Crippen LogP contribution in [0.1, 0.15) is 62.3 Å². The number of hydrogen-bond acceptors (Lipinski definition) is 2. The van der Waals surface area contributed by atoms with Gasteiger partial charge < -0.3 is 9.30 Å². The lowest BCUT2D eigenvalue weighted by atomic mass is 9.78. The highest BCUT2D eigenvalue weighted by Gasteiger charge is 2.44. The van der Waals surface area contributed by atoms with E-state index in [1.165, 1.54) is 56.5 Å². The van der Waals surface area contributed by atoms with E-state index < -0.39 is 0 Å². The lowest BCUT2D eigenvalue weighted by molar-refractivity contribution is 0.0493. The van der Waals surface area contributed by atoms with Crippen LogP contribution in [-0.2, 0) is 23.0 Å². The minimum atomic E-state index is 0.373. The number of aryl methyl sites for hydroxylation is 1. The second-order valence-electron chi connectivity index (χ2n) is 6.33. The van der Waals surface area contributed by atoms with Gasteiger partial charge in [0.2, 0.25) is 0 Å².